The molecule has 0 saturated heterocycles. The van der Waals surface area contributed by atoms with Crippen molar-refractivity contribution in [3.05, 3.63) is 28.3 Å². The van der Waals surface area contributed by atoms with E-state index in [1.807, 2.05) is 0 Å². The predicted molar refractivity (Wildman–Crippen MR) is 85.8 cm³/mol. The van der Waals surface area contributed by atoms with Crippen molar-refractivity contribution in [2.24, 2.45) is 11.8 Å². The highest BCUT2D eigenvalue weighted by atomic mass is 32.2. The van der Waals surface area contributed by atoms with Crippen LogP contribution < -0.4 is 5.32 Å². The predicted octanol–water partition coefficient (Wildman–Crippen LogP) is 3.24. The van der Waals surface area contributed by atoms with E-state index in [-0.39, 0.29) is 10.6 Å². The SMILES string of the molecule is CC1CCCC(CNc2ccc([N+](=O)[O-])cc2S(C)(=O)=O)C1. The molecule has 1 aliphatic carbocycles. The monoisotopic (exact) mass is 326 g/mol. The maximum Gasteiger partial charge on any atom is 0.270 e. The Morgan fingerprint density at radius 1 is 1.36 bits per heavy atom. The number of anilines is 1. The summed E-state index contributed by atoms with van der Waals surface area (Å²) in [5, 5.41) is 14.0. The Balaban J connectivity index is 2.17. The molecule has 2 rings (SSSR count). The van der Waals surface area contributed by atoms with Crippen molar-refractivity contribution in [3.8, 4) is 0 Å². The minimum atomic E-state index is -3.52. The van der Waals surface area contributed by atoms with Crippen LogP contribution in [0, 0.1) is 22.0 Å². The highest BCUT2D eigenvalue weighted by molar-refractivity contribution is 7.90. The fourth-order valence-electron chi connectivity index (χ4n) is 3.08. The first-order valence-corrected chi connectivity index (χ1v) is 9.39. The molecule has 0 aromatic heterocycles. The Bertz CT molecular complexity index is 658. The van der Waals surface area contributed by atoms with Crippen molar-refractivity contribution in [3.63, 3.8) is 0 Å². The van der Waals surface area contributed by atoms with E-state index in [1.54, 1.807) is 0 Å². The topological polar surface area (TPSA) is 89.3 Å². The van der Waals surface area contributed by atoms with Gasteiger partial charge in [0.25, 0.3) is 5.69 Å². The number of sulfone groups is 1. The van der Waals surface area contributed by atoms with E-state index in [9.17, 15) is 18.5 Å². The quantitative estimate of drug-likeness (QED) is 0.663. The number of rotatable bonds is 5. The zero-order valence-electron chi connectivity index (χ0n) is 12.9. The summed E-state index contributed by atoms with van der Waals surface area (Å²) in [6.45, 7) is 2.94. The Morgan fingerprint density at radius 2 is 2.09 bits per heavy atom. The molecule has 2 atom stereocenters. The second-order valence-corrected chi connectivity index (χ2v) is 8.21. The summed E-state index contributed by atoms with van der Waals surface area (Å²) in [4.78, 5) is 10.2. The average Bonchev–Trinajstić information content (AvgIpc) is 2.44. The number of hydrogen-bond donors (Lipinski definition) is 1. The number of nitrogens with one attached hydrogen (secondary N) is 1. The van der Waals surface area contributed by atoms with Gasteiger partial charge in [0, 0.05) is 24.9 Å². The summed E-state index contributed by atoms with van der Waals surface area (Å²) in [6, 6.07) is 3.95. The van der Waals surface area contributed by atoms with Crippen molar-refractivity contribution < 1.29 is 13.3 Å². The smallest absolute Gasteiger partial charge is 0.270 e. The van der Waals surface area contributed by atoms with Crippen LogP contribution in [0.3, 0.4) is 0 Å². The normalized spacial score (nSPS) is 22.3. The lowest BCUT2D eigenvalue weighted by Crippen LogP contribution is -2.21. The molecule has 1 aromatic carbocycles. The van der Waals surface area contributed by atoms with Crippen LogP contribution in [0.5, 0.6) is 0 Å². The molecule has 6 nitrogen and oxygen atoms in total. The van der Waals surface area contributed by atoms with Gasteiger partial charge in [-0.1, -0.05) is 19.8 Å². The Kier molecular flexibility index (Phi) is 5.05. The van der Waals surface area contributed by atoms with E-state index in [4.69, 9.17) is 0 Å². The largest absolute Gasteiger partial charge is 0.384 e. The van der Waals surface area contributed by atoms with Gasteiger partial charge in [0.05, 0.1) is 15.5 Å². The lowest BCUT2D eigenvalue weighted by molar-refractivity contribution is -0.385. The first-order chi connectivity index (χ1) is 10.3. The molecule has 1 aromatic rings. The molecule has 122 valence electrons. The summed E-state index contributed by atoms with van der Waals surface area (Å²) < 4.78 is 23.7. The van der Waals surface area contributed by atoms with Crippen LogP contribution in [-0.2, 0) is 9.84 Å². The lowest BCUT2D eigenvalue weighted by Gasteiger charge is -2.27. The first kappa shape index (κ1) is 16.7. The van der Waals surface area contributed by atoms with Gasteiger partial charge in [-0.15, -0.1) is 0 Å². The standard InChI is InChI=1S/C15H22N2O4S/c1-11-4-3-5-12(8-11)10-16-14-7-6-13(17(18)19)9-15(14)22(2,20)21/h6-7,9,11-12,16H,3-5,8,10H2,1-2H3. The van der Waals surface area contributed by atoms with Crippen LogP contribution in [0.2, 0.25) is 0 Å². The summed E-state index contributed by atoms with van der Waals surface area (Å²) >= 11 is 0. The second kappa shape index (κ2) is 6.64. The van der Waals surface area contributed by atoms with E-state index < -0.39 is 14.8 Å². The third kappa shape index (κ3) is 4.19. The van der Waals surface area contributed by atoms with Crippen molar-refractivity contribution in [1.82, 2.24) is 0 Å². The minimum Gasteiger partial charge on any atom is -0.384 e. The van der Waals surface area contributed by atoms with Crippen molar-refractivity contribution in [2.45, 2.75) is 37.5 Å². The third-order valence-corrected chi connectivity index (χ3v) is 5.34. The van der Waals surface area contributed by atoms with Gasteiger partial charge in [0.15, 0.2) is 9.84 Å². The van der Waals surface area contributed by atoms with E-state index in [1.165, 1.54) is 25.0 Å². The minimum absolute atomic E-state index is 0.00874. The Labute approximate surface area is 131 Å². The van der Waals surface area contributed by atoms with Crippen molar-refractivity contribution >= 4 is 21.2 Å². The van der Waals surface area contributed by atoms with Gasteiger partial charge in [-0.05, 0) is 30.7 Å². The summed E-state index contributed by atoms with van der Waals surface area (Å²) in [5.74, 6) is 1.22. The molecule has 1 N–H and O–H groups in total. The van der Waals surface area contributed by atoms with Crippen LogP contribution in [0.25, 0.3) is 0 Å². The molecule has 0 aliphatic heterocycles. The van der Waals surface area contributed by atoms with Crippen LogP contribution in [0.1, 0.15) is 32.6 Å². The van der Waals surface area contributed by atoms with Crippen molar-refractivity contribution in [1.29, 1.82) is 0 Å². The molecule has 1 saturated carbocycles. The molecule has 0 bridgehead atoms. The highest BCUT2D eigenvalue weighted by Crippen LogP contribution is 2.30. The molecule has 1 aliphatic rings. The number of hydrogen-bond acceptors (Lipinski definition) is 5. The Morgan fingerprint density at radius 3 is 2.68 bits per heavy atom. The number of non-ortho nitro benzene ring substituents is 1. The second-order valence-electron chi connectivity index (χ2n) is 6.23. The summed E-state index contributed by atoms with van der Waals surface area (Å²) in [5.41, 5.74) is 0.239. The molecule has 7 heteroatoms. The molecular formula is C15H22N2O4S. The van der Waals surface area contributed by atoms with Crippen LogP contribution in [0.4, 0.5) is 11.4 Å². The molecule has 0 radical (unpaired) electrons. The van der Waals surface area contributed by atoms with Crippen molar-refractivity contribution in [2.75, 3.05) is 18.1 Å². The van der Waals surface area contributed by atoms with Gasteiger partial charge < -0.3 is 5.32 Å². The fraction of sp³-hybridized carbons (Fsp3) is 0.600. The molecule has 0 amide bonds. The van der Waals surface area contributed by atoms with Crippen LogP contribution in [0.15, 0.2) is 23.1 Å². The maximum atomic E-state index is 11.9. The Hall–Kier alpha value is -1.63. The molecule has 1 fully saturated rings. The summed E-state index contributed by atoms with van der Waals surface area (Å²) in [7, 11) is -3.52. The van der Waals surface area contributed by atoms with E-state index in [0.717, 1.165) is 25.2 Å². The fourth-order valence-corrected chi connectivity index (χ4v) is 3.95. The van der Waals surface area contributed by atoms with Crippen LogP contribution in [-0.4, -0.2) is 26.1 Å². The van der Waals surface area contributed by atoms with Gasteiger partial charge in [0.2, 0.25) is 0 Å². The van der Waals surface area contributed by atoms with E-state index in [2.05, 4.69) is 12.2 Å². The maximum absolute atomic E-state index is 11.9. The number of nitrogens with zero attached hydrogens (tertiary/aromatic N) is 1. The van der Waals surface area contributed by atoms with Gasteiger partial charge >= 0.3 is 0 Å². The van der Waals surface area contributed by atoms with Gasteiger partial charge in [0.1, 0.15) is 0 Å². The number of nitro benzene ring substituents is 1. The first-order valence-electron chi connectivity index (χ1n) is 7.49. The molecular weight excluding hydrogens is 304 g/mol. The van der Waals surface area contributed by atoms with E-state index >= 15 is 0 Å². The number of benzene rings is 1. The van der Waals surface area contributed by atoms with Gasteiger partial charge in [-0.25, -0.2) is 8.42 Å². The van der Waals surface area contributed by atoms with E-state index in [0.29, 0.717) is 24.1 Å². The molecule has 2 unspecified atom stereocenters. The number of nitro groups is 1. The van der Waals surface area contributed by atoms with Gasteiger partial charge in [-0.3, -0.25) is 10.1 Å². The summed E-state index contributed by atoms with van der Waals surface area (Å²) in [6.07, 6.45) is 5.79. The third-order valence-electron chi connectivity index (χ3n) is 4.20. The molecule has 0 heterocycles. The van der Waals surface area contributed by atoms with Gasteiger partial charge in [-0.2, -0.15) is 0 Å². The molecule has 22 heavy (non-hydrogen) atoms. The highest BCUT2D eigenvalue weighted by Gasteiger charge is 2.21. The lowest BCUT2D eigenvalue weighted by atomic mass is 9.82. The molecule has 0 spiro atoms. The zero-order valence-corrected chi connectivity index (χ0v) is 13.7. The van der Waals surface area contributed by atoms with Crippen LogP contribution >= 0.6 is 0 Å². The zero-order chi connectivity index (χ0) is 16.3. The average molecular weight is 326 g/mol.